The number of nitrogens with zero attached hydrogens (tertiary/aromatic N) is 2. The summed E-state index contributed by atoms with van der Waals surface area (Å²) in [6.45, 7) is 3.70. The molecule has 5 nitrogen and oxygen atoms in total. The van der Waals surface area contributed by atoms with Gasteiger partial charge in [0.05, 0.1) is 12.7 Å². The van der Waals surface area contributed by atoms with Gasteiger partial charge in [0.1, 0.15) is 5.75 Å². The average molecular weight is 376 g/mol. The summed E-state index contributed by atoms with van der Waals surface area (Å²) in [5, 5.41) is 1.26. The number of aromatic nitrogens is 1. The molecule has 0 bridgehead atoms. The van der Waals surface area contributed by atoms with Crippen LogP contribution >= 0.6 is 0 Å². The quantitative estimate of drug-likeness (QED) is 0.697. The molecular formula is C23H24N2O3. The van der Waals surface area contributed by atoms with Crippen LogP contribution in [-0.2, 0) is 0 Å². The lowest BCUT2D eigenvalue weighted by molar-refractivity contribution is 0.0684. The van der Waals surface area contributed by atoms with Crippen LogP contribution in [0.1, 0.15) is 30.1 Å². The standard InChI is InChI=1S/C23H24N2O3/c1-16-6-5-13-24(14-16)22(26)21-15-25(17-9-11-18(28-2)12-10-17)23(27)20-8-4-3-7-19(20)21/h3-4,7-12,15-16H,5-6,13-14H2,1-2H3. The molecule has 144 valence electrons. The fourth-order valence-electron chi connectivity index (χ4n) is 3.94. The summed E-state index contributed by atoms with van der Waals surface area (Å²) in [5.41, 5.74) is 1.14. The molecule has 1 fully saturated rings. The predicted molar refractivity (Wildman–Crippen MR) is 110 cm³/mol. The number of hydrogen-bond donors (Lipinski definition) is 0. The van der Waals surface area contributed by atoms with E-state index in [1.807, 2.05) is 47.4 Å². The van der Waals surface area contributed by atoms with Gasteiger partial charge in [0.15, 0.2) is 0 Å². The number of pyridine rings is 1. The van der Waals surface area contributed by atoms with E-state index in [1.165, 1.54) is 0 Å². The minimum atomic E-state index is -0.135. The molecule has 1 saturated heterocycles. The van der Waals surface area contributed by atoms with Crippen LogP contribution in [0.15, 0.2) is 59.5 Å². The Balaban J connectivity index is 1.86. The zero-order chi connectivity index (χ0) is 19.7. The maximum Gasteiger partial charge on any atom is 0.262 e. The topological polar surface area (TPSA) is 51.5 Å². The number of rotatable bonds is 3. The molecule has 1 aliphatic heterocycles. The van der Waals surface area contributed by atoms with Crippen LogP contribution in [0.4, 0.5) is 0 Å². The van der Waals surface area contributed by atoms with Gasteiger partial charge < -0.3 is 9.64 Å². The molecule has 1 unspecified atom stereocenters. The molecule has 1 atom stereocenters. The highest BCUT2D eigenvalue weighted by Crippen LogP contribution is 2.23. The predicted octanol–water partition coefficient (Wildman–Crippen LogP) is 3.87. The lowest BCUT2D eigenvalue weighted by Crippen LogP contribution is -2.39. The number of amides is 1. The molecule has 0 N–H and O–H groups in total. The third-order valence-corrected chi connectivity index (χ3v) is 5.45. The Hall–Kier alpha value is -3.08. The van der Waals surface area contributed by atoms with Gasteiger partial charge in [-0.15, -0.1) is 0 Å². The van der Waals surface area contributed by atoms with Crippen molar-refractivity contribution in [2.24, 2.45) is 5.92 Å². The molecule has 0 spiro atoms. The summed E-state index contributed by atoms with van der Waals surface area (Å²) >= 11 is 0. The van der Waals surface area contributed by atoms with E-state index >= 15 is 0 Å². The second-order valence-corrected chi connectivity index (χ2v) is 7.46. The van der Waals surface area contributed by atoms with E-state index in [4.69, 9.17) is 4.74 Å². The van der Waals surface area contributed by atoms with Crippen LogP contribution < -0.4 is 10.3 Å². The van der Waals surface area contributed by atoms with E-state index in [2.05, 4.69) is 6.92 Å². The van der Waals surface area contributed by atoms with Gasteiger partial charge >= 0.3 is 0 Å². The third-order valence-electron chi connectivity index (χ3n) is 5.45. The first kappa shape index (κ1) is 18.3. The van der Waals surface area contributed by atoms with Gasteiger partial charge in [-0.2, -0.15) is 0 Å². The molecule has 0 radical (unpaired) electrons. The summed E-state index contributed by atoms with van der Waals surface area (Å²) < 4.78 is 6.77. The average Bonchev–Trinajstić information content (AvgIpc) is 2.74. The summed E-state index contributed by atoms with van der Waals surface area (Å²) in [4.78, 5) is 28.4. The van der Waals surface area contributed by atoms with Crippen LogP contribution in [0.2, 0.25) is 0 Å². The zero-order valence-corrected chi connectivity index (χ0v) is 16.2. The minimum Gasteiger partial charge on any atom is -0.497 e. The van der Waals surface area contributed by atoms with Crippen molar-refractivity contribution in [2.75, 3.05) is 20.2 Å². The summed E-state index contributed by atoms with van der Waals surface area (Å²) in [7, 11) is 1.60. The van der Waals surface area contributed by atoms with Crippen LogP contribution in [0.25, 0.3) is 16.5 Å². The lowest BCUT2D eigenvalue weighted by Gasteiger charge is -2.31. The molecule has 0 aliphatic carbocycles. The van der Waals surface area contributed by atoms with E-state index in [1.54, 1.807) is 23.9 Å². The first-order valence-corrected chi connectivity index (χ1v) is 9.66. The second kappa shape index (κ2) is 7.50. The Labute approximate surface area is 164 Å². The number of methoxy groups -OCH3 is 1. The van der Waals surface area contributed by atoms with E-state index < -0.39 is 0 Å². The van der Waals surface area contributed by atoms with E-state index in [0.29, 0.717) is 27.9 Å². The number of carbonyl (C=O) groups is 1. The van der Waals surface area contributed by atoms with E-state index in [-0.39, 0.29) is 11.5 Å². The minimum absolute atomic E-state index is 0.00925. The lowest BCUT2D eigenvalue weighted by atomic mass is 9.98. The Morgan fingerprint density at radius 3 is 2.46 bits per heavy atom. The number of likely N-dealkylation sites (tertiary alicyclic amines) is 1. The fraction of sp³-hybridized carbons (Fsp3) is 0.304. The van der Waals surface area contributed by atoms with Gasteiger partial charge in [-0.05, 0) is 49.1 Å². The van der Waals surface area contributed by atoms with Crippen LogP contribution in [0.5, 0.6) is 5.75 Å². The number of piperidine rings is 1. The van der Waals surface area contributed by atoms with Gasteiger partial charge in [-0.25, -0.2) is 0 Å². The molecule has 2 heterocycles. The van der Waals surface area contributed by atoms with Crippen molar-refractivity contribution in [1.29, 1.82) is 0 Å². The number of hydrogen-bond acceptors (Lipinski definition) is 3. The maximum atomic E-state index is 13.3. The Kier molecular flexibility index (Phi) is 4.90. The van der Waals surface area contributed by atoms with Gasteiger partial charge in [-0.1, -0.05) is 25.1 Å². The van der Waals surface area contributed by atoms with Gasteiger partial charge in [-0.3, -0.25) is 14.2 Å². The second-order valence-electron chi connectivity index (χ2n) is 7.46. The molecule has 4 rings (SSSR count). The Morgan fingerprint density at radius 2 is 1.79 bits per heavy atom. The van der Waals surface area contributed by atoms with Crippen molar-refractivity contribution in [3.05, 3.63) is 70.6 Å². The SMILES string of the molecule is COc1ccc(-n2cc(C(=O)N3CCCC(C)C3)c3ccccc3c2=O)cc1. The van der Waals surface area contributed by atoms with E-state index in [0.717, 1.165) is 31.7 Å². The molecule has 3 aromatic rings. The van der Waals surface area contributed by atoms with Gasteiger partial charge in [0.2, 0.25) is 0 Å². The molecule has 2 aromatic carbocycles. The first-order valence-electron chi connectivity index (χ1n) is 9.66. The van der Waals surface area contributed by atoms with Crippen molar-refractivity contribution >= 4 is 16.7 Å². The fourth-order valence-corrected chi connectivity index (χ4v) is 3.94. The molecule has 5 heteroatoms. The maximum absolute atomic E-state index is 13.3. The number of benzene rings is 2. The monoisotopic (exact) mass is 376 g/mol. The molecule has 0 saturated carbocycles. The van der Waals surface area contributed by atoms with Crippen molar-refractivity contribution in [2.45, 2.75) is 19.8 Å². The number of fused-ring (bicyclic) bond motifs is 1. The zero-order valence-electron chi connectivity index (χ0n) is 16.2. The largest absolute Gasteiger partial charge is 0.497 e. The van der Waals surface area contributed by atoms with Crippen LogP contribution in [0, 0.1) is 5.92 Å². The Morgan fingerprint density at radius 1 is 1.07 bits per heavy atom. The highest BCUT2D eigenvalue weighted by molar-refractivity contribution is 6.06. The summed E-state index contributed by atoms with van der Waals surface area (Å²) in [6.07, 6.45) is 3.85. The number of carbonyl (C=O) groups excluding carboxylic acids is 1. The molecule has 28 heavy (non-hydrogen) atoms. The smallest absolute Gasteiger partial charge is 0.262 e. The van der Waals surface area contributed by atoms with Gasteiger partial charge in [0.25, 0.3) is 11.5 Å². The molecule has 1 aliphatic rings. The van der Waals surface area contributed by atoms with Crippen molar-refractivity contribution in [3.63, 3.8) is 0 Å². The van der Waals surface area contributed by atoms with E-state index in [9.17, 15) is 9.59 Å². The number of ether oxygens (including phenoxy) is 1. The third kappa shape index (κ3) is 3.28. The van der Waals surface area contributed by atoms with Gasteiger partial charge in [0, 0.05) is 35.7 Å². The molecule has 1 amide bonds. The summed E-state index contributed by atoms with van der Waals surface area (Å²) in [5.74, 6) is 1.21. The normalized spacial score (nSPS) is 16.9. The van der Waals surface area contributed by atoms with Crippen molar-refractivity contribution in [3.8, 4) is 11.4 Å². The van der Waals surface area contributed by atoms with Crippen LogP contribution in [0.3, 0.4) is 0 Å². The van der Waals surface area contributed by atoms with Crippen molar-refractivity contribution in [1.82, 2.24) is 9.47 Å². The summed E-state index contributed by atoms with van der Waals surface area (Å²) in [6, 6.07) is 14.6. The highest BCUT2D eigenvalue weighted by atomic mass is 16.5. The Bertz CT molecular complexity index is 1070. The van der Waals surface area contributed by atoms with Crippen LogP contribution in [-0.4, -0.2) is 35.6 Å². The first-order chi connectivity index (χ1) is 13.6. The highest BCUT2D eigenvalue weighted by Gasteiger charge is 2.24. The molecular weight excluding hydrogens is 352 g/mol. The van der Waals surface area contributed by atoms with Crippen molar-refractivity contribution < 1.29 is 9.53 Å². The molecule has 1 aromatic heterocycles.